The first-order chi connectivity index (χ1) is 14.1. The summed E-state index contributed by atoms with van der Waals surface area (Å²) in [6.07, 6.45) is 6.63. The molecule has 7 heteroatoms. The fourth-order valence-electron chi connectivity index (χ4n) is 3.86. The quantitative estimate of drug-likeness (QED) is 0.666. The molecule has 3 fully saturated rings. The number of morpholine rings is 1. The van der Waals surface area contributed by atoms with Gasteiger partial charge in [-0.3, -0.25) is 14.5 Å². The van der Waals surface area contributed by atoms with Crippen LogP contribution in [0.4, 0.5) is 0 Å². The summed E-state index contributed by atoms with van der Waals surface area (Å²) in [6, 6.07) is 7.70. The molecule has 2 amide bonds. The van der Waals surface area contributed by atoms with E-state index in [0.717, 1.165) is 62.6 Å². The number of thioether (sulfide) groups is 1. The Bertz CT molecular complexity index is 749. The molecule has 0 spiro atoms. The summed E-state index contributed by atoms with van der Waals surface area (Å²) in [5.41, 5.74) is 1.61. The monoisotopic (exact) mass is 415 g/mol. The Labute approximate surface area is 176 Å². The Kier molecular flexibility index (Phi) is 6.57. The Morgan fingerprint density at radius 3 is 2.62 bits per heavy atom. The van der Waals surface area contributed by atoms with Gasteiger partial charge in [0, 0.05) is 48.6 Å². The minimum absolute atomic E-state index is 0.0244. The number of nitrogens with zero attached hydrogens (tertiary/aromatic N) is 1. The van der Waals surface area contributed by atoms with Crippen LogP contribution in [0.2, 0.25) is 0 Å². The van der Waals surface area contributed by atoms with Gasteiger partial charge >= 0.3 is 0 Å². The van der Waals surface area contributed by atoms with E-state index >= 15 is 0 Å². The number of nitrogens with one attached hydrogen (secondary N) is 2. The summed E-state index contributed by atoms with van der Waals surface area (Å²) in [6.45, 7) is 4.09. The third kappa shape index (κ3) is 5.41. The Balaban J connectivity index is 1.29. The summed E-state index contributed by atoms with van der Waals surface area (Å²) in [5, 5.41) is 6.08. The van der Waals surface area contributed by atoms with Gasteiger partial charge in [-0.1, -0.05) is 12.1 Å². The molecule has 2 N–H and O–H groups in total. The van der Waals surface area contributed by atoms with Crippen LogP contribution in [0.1, 0.15) is 35.2 Å². The molecule has 0 aromatic heterocycles. The van der Waals surface area contributed by atoms with Crippen LogP contribution in [0, 0.1) is 0 Å². The van der Waals surface area contributed by atoms with E-state index in [1.54, 1.807) is 24.3 Å². The van der Waals surface area contributed by atoms with Crippen molar-refractivity contribution in [2.45, 2.75) is 30.8 Å². The first-order valence-corrected chi connectivity index (χ1v) is 11.6. The summed E-state index contributed by atoms with van der Waals surface area (Å²) in [5.74, 6) is 2.10. The summed E-state index contributed by atoms with van der Waals surface area (Å²) < 4.78 is 5.49. The molecule has 2 saturated heterocycles. The Hall–Kier alpha value is -1.83. The molecule has 156 valence electrons. The lowest BCUT2D eigenvalue weighted by atomic mass is 9.95. The molecule has 1 aliphatic carbocycles. The first kappa shape index (κ1) is 20.4. The van der Waals surface area contributed by atoms with Crippen LogP contribution in [0.5, 0.6) is 0 Å². The fraction of sp³-hybridized carbons (Fsp3) is 0.545. The lowest BCUT2D eigenvalue weighted by molar-refractivity contribution is -0.117. The molecule has 1 saturated carbocycles. The largest absolute Gasteiger partial charge is 0.379 e. The molecular weight excluding hydrogens is 386 g/mol. The molecule has 4 rings (SSSR count). The number of amides is 2. The minimum atomic E-state index is -0.0786. The summed E-state index contributed by atoms with van der Waals surface area (Å²) in [7, 11) is 0. The Morgan fingerprint density at radius 1 is 1.21 bits per heavy atom. The van der Waals surface area contributed by atoms with Gasteiger partial charge in [-0.05, 0) is 48.8 Å². The number of rotatable bonds is 7. The van der Waals surface area contributed by atoms with Crippen LogP contribution in [0.15, 0.2) is 30.3 Å². The van der Waals surface area contributed by atoms with Crippen LogP contribution >= 0.6 is 11.8 Å². The topological polar surface area (TPSA) is 70.7 Å². The number of benzene rings is 1. The van der Waals surface area contributed by atoms with Gasteiger partial charge in [0.2, 0.25) is 5.91 Å². The lowest BCUT2D eigenvalue weighted by Crippen LogP contribution is -2.59. The molecule has 29 heavy (non-hydrogen) atoms. The van der Waals surface area contributed by atoms with Crippen LogP contribution in [-0.2, 0) is 9.53 Å². The predicted octanol–water partition coefficient (Wildman–Crippen LogP) is 1.92. The molecule has 2 heterocycles. The van der Waals surface area contributed by atoms with Crippen molar-refractivity contribution in [2.24, 2.45) is 0 Å². The predicted molar refractivity (Wildman–Crippen MR) is 116 cm³/mol. The van der Waals surface area contributed by atoms with Gasteiger partial charge in [0.15, 0.2) is 0 Å². The SMILES string of the molecule is O=C(C=Cc1ccc(C(=O)NC2CC2)cc1)NCC1(N2CCOCC2)CCSC1. The number of hydrogen-bond acceptors (Lipinski definition) is 5. The smallest absolute Gasteiger partial charge is 0.251 e. The number of carbonyl (C=O) groups excluding carboxylic acids is 2. The van der Waals surface area contributed by atoms with E-state index in [4.69, 9.17) is 4.74 Å². The third-order valence-electron chi connectivity index (χ3n) is 5.87. The van der Waals surface area contributed by atoms with Crippen LogP contribution in [0.25, 0.3) is 6.08 Å². The van der Waals surface area contributed by atoms with Crippen LogP contribution in [-0.4, -0.2) is 72.6 Å². The van der Waals surface area contributed by atoms with E-state index in [1.165, 1.54) is 0 Å². The van der Waals surface area contributed by atoms with Crippen molar-refractivity contribution < 1.29 is 14.3 Å². The number of ether oxygens (including phenoxy) is 1. The maximum absolute atomic E-state index is 12.4. The highest BCUT2D eigenvalue weighted by Gasteiger charge is 2.40. The molecule has 1 atom stereocenters. The highest BCUT2D eigenvalue weighted by atomic mass is 32.2. The molecule has 0 radical (unpaired) electrons. The molecule has 1 aromatic rings. The minimum Gasteiger partial charge on any atom is -0.379 e. The normalized spacial score (nSPS) is 25.2. The van der Waals surface area contributed by atoms with Gasteiger partial charge in [0.25, 0.3) is 5.91 Å². The van der Waals surface area contributed by atoms with Crippen molar-refractivity contribution in [3.05, 3.63) is 41.5 Å². The van der Waals surface area contributed by atoms with E-state index in [9.17, 15) is 9.59 Å². The van der Waals surface area contributed by atoms with E-state index in [2.05, 4.69) is 15.5 Å². The number of carbonyl (C=O) groups is 2. The first-order valence-electron chi connectivity index (χ1n) is 10.4. The zero-order valence-electron chi connectivity index (χ0n) is 16.7. The Morgan fingerprint density at radius 2 is 1.97 bits per heavy atom. The van der Waals surface area contributed by atoms with Crippen molar-refractivity contribution in [1.82, 2.24) is 15.5 Å². The van der Waals surface area contributed by atoms with E-state index in [-0.39, 0.29) is 17.4 Å². The zero-order chi connectivity index (χ0) is 20.1. The molecular formula is C22H29N3O3S. The molecule has 6 nitrogen and oxygen atoms in total. The second kappa shape index (κ2) is 9.32. The van der Waals surface area contributed by atoms with Gasteiger partial charge in [-0.2, -0.15) is 11.8 Å². The van der Waals surface area contributed by atoms with Gasteiger partial charge in [-0.25, -0.2) is 0 Å². The van der Waals surface area contributed by atoms with Crippen molar-refractivity contribution in [3.63, 3.8) is 0 Å². The summed E-state index contributed by atoms with van der Waals surface area (Å²) >= 11 is 1.96. The average molecular weight is 416 g/mol. The third-order valence-corrected chi connectivity index (χ3v) is 7.10. The van der Waals surface area contributed by atoms with Crippen molar-refractivity contribution in [1.29, 1.82) is 0 Å². The average Bonchev–Trinajstić information content (AvgIpc) is 3.44. The second-order valence-corrected chi connectivity index (χ2v) is 9.15. The highest BCUT2D eigenvalue weighted by molar-refractivity contribution is 7.99. The molecule has 2 aliphatic heterocycles. The molecule has 0 bridgehead atoms. The number of hydrogen-bond donors (Lipinski definition) is 2. The molecule has 3 aliphatic rings. The van der Waals surface area contributed by atoms with Crippen molar-refractivity contribution >= 4 is 29.7 Å². The fourth-order valence-corrected chi connectivity index (χ4v) is 5.34. The lowest BCUT2D eigenvalue weighted by Gasteiger charge is -2.42. The molecule has 1 aromatic carbocycles. The standard InChI is InChI=1S/C22H29N3O3S/c26-20(23-15-22(9-14-29-16-22)25-10-12-28-13-11-25)8-3-17-1-4-18(5-2-17)21(27)24-19-6-7-19/h1-5,8,19H,6-7,9-16H2,(H,23,26)(H,24,27). The van der Waals surface area contributed by atoms with Gasteiger partial charge in [-0.15, -0.1) is 0 Å². The van der Waals surface area contributed by atoms with E-state index in [1.807, 2.05) is 23.9 Å². The van der Waals surface area contributed by atoms with E-state index in [0.29, 0.717) is 18.2 Å². The van der Waals surface area contributed by atoms with Crippen LogP contribution in [0.3, 0.4) is 0 Å². The summed E-state index contributed by atoms with van der Waals surface area (Å²) in [4.78, 5) is 26.9. The van der Waals surface area contributed by atoms with E-state index < -0.39 is 0 Å². The van der Waals surface area contributed by atoms with Crippen molar-refractivity contribution in [2.75, 3.05) is 44.4 Å². The second-order valence-electron chi connectivity index (χ2n) is 8.05. The highest BCUT2D eigenvalue weighted by Crippen LogP contribution is 2.33. The van der Waals surface area contributed by atoms with Gasteiger partial charge in [0.1, 0.15) is 0 Å². The maximum atomic E-state index is 12.4. The van der Waals surface area contributed by atoms with Crippen molar-refractivity contribution in [3.8, 4) is 0 Å². The van der Waals surface area contributed by atoms with Gasteiger partial charge < -0.3 is 15.4 Å². The maximum Gasteiger partial charge on any atom is 0.251 e. The zero-order valence-corrected chi connectivity index (χ0v) is 17.5. The van der Waals surface area contributed by atoms with Gasteiger partial charge in [0.05, 0.1) is 13.2 Å². The van der Waals surface area contributed by atoms with Crippen LogP contribution < -0.4 is 10.6 Å². The molecule has 1 unspecified atom stereocenters.